The molecule has 1 heterocycles. The van der Waals surface area contributed by atoms with Gasteiger partial charge in [0.05, 0.1) is 6.04 Å². The Kier molecular flexibility index (Phi) is 3.48. The molecule has 0 bridgehead atoms. The molecule has 20 heavy (non-hydrogen) atoms. The molecule has 3 aromatic rings. The topological polar surface area (TPSA) is 64.9 Å². The number of aromatic nitrogens is 2. The lowest BCUT2D eigenvalue weighted by Gasteiger charge is -2.03. The summed E-state index contributed by atoms with van der Waals surface area (Å²) in [6.07, 6.45) is 1.84. The van der Waals surface area contributed by atoms with Gasteiger partial charge in [0.25, 0.3) is 0 Å². The van der Waals surface area contributed by atoms with Crippen LogP contribution in [0.5, 0.6) is 0 Å². The zero-order chi connectivity index (χ0) is 13.9. The molecule has 0 saturated heterocycles. The highest BCUT2D eigenvalue weighted by Gasteiger charge is 2.16. The molecule has 2 N–H and O–H groups in total. The summed E-state index contributed by atoms with van der Waals surface area (Å²) >= 11 is 0. The van der Waals surface area contributed by atoms with E-state index in [-0.39, 0.29) is 6.04 Å². The van der Waals surface area contributed by atoms with Crippen molar-refractivity contribution in [1.29, 1.82) is 0 Å². The van der Waals surface area contributed by atoms with Crippen molar-refractivity contribution in [2.45, 2.75) is 25.8 Å². The summed E-state index contributed by atoms with van der Waals surface area (Å²) in [7, 11) is 0. The number of fused-ring (bicyclic) bond motifs is 1. The monoisotopic (exact) mass is 267 g/mol. The molecule has 1 atom stereocenters. The molecule has 0 amide bonds. The number of benzene rings is 2. The molecular weight excluding hydrogens is 250 g/mol. The van der Waals surface area contributed by atoms with Crippen molar-refractivity contribution in [3.8, 4) is 11.4 Å². The maximum atomic E-state index is 6.01. The Labute approximate surface area is 117 Å². The van der Waals surface area contributed by atoms with Gasteiger partial charge in [0, 0.05) is 5.56 Å². The predicted molar refractivity (Wildman–Crippen MR) is 79.1 cm³/mol. The zero-order valence-electron chi connectivity index (χ0n) is 11.4. The first kappa shape index (κ1) is 12.8. The van der Waals surface area contributed by atoms with Crippen LogP contribution in [-0.4, -0.2) is 10.1 Å². The first-order valence-electron chi connectivity index (χ1n) is 6.87. The molecule has 4 nitrogen and oxygen atoms in total. The fraction of sp³-hybridized carbons (Fsp3) is 0.250. The quantitative estimate of drug-likeness (QED) is 0.783. The van der Waals surface area contributed by atoms with E-state index in [0.29, 0.717) is 11.7 Å². The van der Waals surface area contributed by atoms with Crippen LogP contribution in [0.2, 0.25) is 0 Å². The van der Waals surface area contributed by atoms with Gasteiger partial charge < -0.3 is 10.3 Å². The van der Waals surface area contributed by atoms with E-state index in [2.05, 4.69) is 35.3 Å². The molecule has 0 saturated carbocycles. The van der Waals surface area contributed by atoms with Crippen LogP contribution in [0.4, 0.5) is 0 Å². The van der Waals surface area contributed by atoms with E-state index in [1.807, 2.05) is 24.3 Å². The Morgan fingerprint density at radius 3 is 2.80 bits per heavy atom. The first-order chi connectivity index (χ1) is 9.79. The fourth-order valence-electron chi connectivity index (χ4n) is 2.35. The van der Waals surface area contributed by atoms with Gasteiger partial charge in [-0.3, -0.25) is 0 Å². The van der Waals surface area contributed by atoms with Crippen LogP contribution in [0.1, 0.15) is 31.7 Å². The van der Waals surface area contributed by atoms with Crippen molar-refractivity contribution in [1.82, 2.24) is 10.1 Å². The molecule has 0 fully saturated rings. The lowest BCUT2D eigenvalue weighted by Crippen LogP contribution is -2.09. The lowest BCUT2D eigenvalue weighted by molar-refractivity contribution is 0.348. The van der Waals surface area contributed by atoms with Crippen molar-refractivity contribution >= 4 is 10.8 Å². The smallest absolute Gasteiger partial charge is 0.243 e. The maximum Gasteiger partial charge on any atom is 0.243 e. The Hall–Kier alpha value is -2.20. The predicted octanol–water partition coefficient (Wildman–Crippen LogP) is 3.69. The van der Waals surface area contributed by atoms with E-state index in [9.17, 15) is 0 Å². The summed E-state index contributed by atoms with van der Waals surface area (Å²) < 4.78 is 5.30. The van der Waals surface area contributed by atoms with E-state index >= 15 is 0 Å². The first-order valence-corrected chi connectivity index (χ1v) is 6.87. The maximum absolute atomic E-state index is 6.01. The number of nitrogens with two attached hydrogens (primary N) is 1. The Morgan fingerprint density at radius 1 is 1.15 bits per heavy atom. The molecule has 0 aliphatic rings. The molecule has 0 unspecified atom stereocenters. The highest BCUT2D eigenvalue weighted by Crippen LogP contribution is 2.27. The van der Waals surface area contributed by atoms with Gasteiger partial charge in [-0.25, -0.2) is 0 Å². The van der Waals surface area contributed by atoms with Crippen molar-refractivity contribution in [3.05, 3.63) is 48.4 Å². The van der Waals surface area contributed by atoms with Crippen LogP contribution >= 0.6 is 0 Å². The van der Waals surface area contributed by atoms with Crippen molar-refractivity contribution < 1.29 is 4.52 Å². The van der Waals surface area contributed by atoms with E-state index in [0.717, 1.165) is 29.2 Å². The molecule has 0 aliphatic carbocycles. The molecule has 0 radical (unpaired) electrons. The normalized spacial score (nSPS) is 12.7. The second-order valence-electron chi connectivity index (χ2n) is 4.88. The van der Waals surface area contributed by atoms with Crippen molar-refractivity contribution in [2.24, 2.45) is 5.73 Å². The molecule has 0 spiro atoms. The standard InChI is InChI=1S/C16H17N3O/c1-2-6-14(17)16-18-15(19-20-16)13-10-5-8-11-7-3-4-9-12(11)13/h3-5,7-10,14H,2,6,17H2,1H3/t14-/m1/s1. The van der Waals surface area contributed by atoms with Crippen LogP contribution < -0.4 is 5.73 Å². The van der Waals surface area contributed by atoms with Gasteiger partial charge in [-0.15, -0.1) is 0 Å². The highest BCUT2D eigenvalue weighted by molar-refractivity contribution is 5.94. The van der Waals surface area contributed by atoms with Crippen LogP contribution in [0.25, 0.3) is 22.2 Å². The summed E-state index contributed by atoms with van der Waals surface area (Å²) in [6.45, 7) is 2.09. The van der Waals surface area contributed by atoms with Gasteiger partial charge in [-0.2, -0.15) is 4.98 Å². The third kappa shape index (κ3) is 2.30. The number of hydrogen-bond donors (Lipinski definition) is 1. The minimum Gasteiger partial charge on any atom is -0.337 e. The molecule has 0 aliphatic heterocycles. The van der Waals surface area contributed by atoms with Gasteiger partial charge in [0.2, 0.25) is 11.7 Å². The summed E-state index contributed by atoms with van der Waals surface area (Å²) in [6, 6.07) is 14.1. The third-order valence-corrected chi connectivity index (χ3v) is 3.39. The number of nitrogens with zero attached hydrogens (tertiary/aromatic N) is 2. The molecular formula is C16H17N3O. The minimum atomic E-state index is -0.184. The SMILES string of the molecule is CCC[C@@H](N)c1nc(-c2cccc3ccccc23)no1. The van der Waals surface area contributed by atoms with Gasteiger partial charge >= 0.3 is 0 Å². The third-order valence-electron chi connectivity index (χ3n) is 3.39. The van der Waals surface area contributed by atoms with Crippen molar-refractivity contribution in [2.75, 3.05) is 0 Å². The molecule has 3 rings (SSSR count). The molecule has 4 heteroatoms. The molecule has 1 aromatic heterocycles. The van der Waals surface area contributed by atoms with Gasteiger partial charge in [0.1, 0.15) is 0 Å². The zero-order valence-corrected chi connectivity index (χ0v) is 11.4. The summed E-state index contributed by atoms with van der Waals surface area (Å²) in [5.41, 5.74) is 6.99. The van der Waals surface area contributed by atoms with Crippen LogP contribution in [0, 0.1) is 0 Å². The van der Waals surface area contributed by atoms with Gasteiger partial charge in [-0.1, -0.05) is 61.0 Å². The molecule has 2 aromatic carbocycles. The van der Waals surface area contributed by atoms with Gasteiger partial charge in [0.15, 0.2) is 0 Å². The summed E-state index contributed by atoms with van der Waals surface area (Å²) in [4.78, 5) is 4.45. The number of hydrogen-bond acceptors (Lipinski definition) is 4. The van der Waals surface area contributed by atoms with Crippen LogP contribution in [0.3, 0.4) is 0 Å². The average Bonchev–Trinajstić information content (AvgIpc) is 2.97. The second-order valence-corrected chi connectivity index (χ2v) is 4.88. The minimum absolute atomic E-state index is 0.184. The highest BCUT2D eigenvalue weighted by atomic mass is 16.5. The lowest BCUT2D eigenvalue weighted by atomic mass is 10.0. The van der Waals surface area contributed by atoms with E-state index in [1.165, 1.54) is 0 Å². The van der Waals surface area contributed by atoms with E-state index in [4.69, 9.17) is 10.3 Å². The van der Waals surface area contributed by atoms with Crippen LogP contribution in [-0.2, 0) is 0 Å². The van der Waals surface area contributed by atoms with Gasteiger partial charge in [-0.05, 0) is 17.2 Å². The van der Waals surface area contributed by atoms with Crippen LogP contribution in [0.15, 0.2) is 47.0 Å². The number of rotatable bonds is 4. The summed E-state index contributed by atoms with van der Waals surface area (Å²) in [5, 5.41) is 6.35. The summed E-state index contributed by atoms with van der Waals surface area (Å²) in [5.74, 6) is 1.11. The van der Waals surface area contributed by atoms with E-state index < -0.39 is 0 Å². The van der Waals surface area contributed by atoms with E-state index in [1.54, 1.807) is 0 Å². The molecule has 102 valence electrons. The fourth-order valence-corrected chi connectivity index (χ4v) is 2.35. The Bertz CT molecular complexity index is 715. The van der Waals surface area contributed by atoms with Crippen molar-refractivity contribution in [3.63, 3.8) is 0 Å². The second kappa shape index (κ2) is 5.43. The Balaban J connectivity index is 2.03. The Morgan fingerprint density at radius 2 is 1.95 bits per heavy atom. The largest absolute Gasteiger partial charge is 0.337 e. The average molecular weight is 267 g/mol.